The molecule has 2 fully saturated rings. The van der Waals surface area contributed by atoms with E-state index < -0.39 is 0 Å². The average Bonchev–Trinajstić information content (AvgIpc) is 2.93. The minimum atomic E-state index is 0.187. The number of rotatable bonds is 4. The molecule has 1 aromatic heterocycles. The van der Waals surface area contributed by atoms with E-state index in [-0.39, 0.29) is 5.60 Å². The molecule has 0 saturated carbocycles. The molecule has 1 unspecified atom stereocenters. The largest absolute Gasteiger partial charge is 0.375 e. The second kappa shape index (κ2) is 6.29. The number of aromatic nitrogens is 2. The van der Waals surface area contributed by atoms with Crippen LogP contribution in [0.1, 0.15) is 25.7 Å². The summed E-state index contributed by atoms with van der Waals surface area (Å²) in [4.78, 5) is 0. The molecule has 0 aliphatic carbocycles. The first-order chi connectivity index (χ1) is 9.36. The summed E-state index contributed by atoms with van der Waals surface area (Å²) >= 11 is 2.07. The topological polar surface area (TPSA) is 39.1 Å². The van der Waals surface area contributed by atoms with Crippen LogP contribution in [-0.2, 0) is 11.3 Å². The van der Waals surface area contributed by atoms with Crippen molar-refractivity contribution in [2.45, 2.75) is 43.9 Å². The first-order valence-corrected chi connectivity index (χ1v) is 8.44. The summed E-state index contributed by atoms with van der Waals surface area (Å²) < 4.78 is 8.10. The monoisotopic (exact) mass is 281 g/mol. The predicted octanol–water partition coefficient (Wildman–Crippen LogP) is 1.92. The van der Waals surface area contributed by atoms with E-state index in [1.54, 1.807) is 0 Å². The molecule has 4 nitrogen and oxygen atoms in total. The molecule has 3 heterocycles. The van der Waals surface area contributed by atoms with Crippen molar-refractivity contribution in [2.24, 2.45) is 0 Å². The Bertz CT molecular complexity index is 371. The van der Waals surface area contributed by atoms with Gasteiger partial charge in [0.1, 0.15) is 0 Å². The zero-order valence-corrected chi connectivity index (χ0v) is 12.2. The lowest BCUT2D eigenvalue weighted by molar-refractivity contribution is -0.0931. The second-order valence-electron chi connectivity index (χ2n) is 5.56. The summed E-state index contributed by atoms with van der Waals surface area (Å²) in [5.74, 6) is 2.53. The van der Waals surface area contributed by atoms with Crippen LogP contribution in [0.2, 0.25) is 0 Å². The Labute approximate surface area is 119 Å². The fourth-order valence-electron chi connectivity index (χ4n) is 3.11. The number of hydrogen-bond donors (Lipinski definition) is 1. The SMILES string of the molecule is c1cnn(CCNC2CCOC3(CCSCC3)C2)c1. The fourth-order valence-corrected chi connectivity index (χ4v) is 4.35. The van der Waals surface area contributed by atoms with Crippen LogP contribution in [0.25, 0.3) is 0 Å². The van der Waals surface area contributed by atoms with Gasteiger partial charge in [-0.25, -0.2) is 0 Å². The Balaban J connectivity index is 1.45. The Morgan fingerprint density at radius 3 is 3.11 bits per heavy atom. The quantitative estimate of drug-likeness (QED) is 0.915. The molecule has 3 rings (SSSR count). The van der Waals surface area contributed by atoms with E-state index in [1.807, 2.05) is 23.1 Å². The van der Waals surface area contributed by atoms with Crippen molar-refractivity contribution in [3.05, 3.63) is 18.5 Å². The van der Waals surface area contributed by atoms with Crippen molar-refractivity contribution in [1.82, 2.24) is 15.1 Å². The normalized spacial score (nSPS) is 26.6. The van der Waals surface area contributed by atoms with Crippen LogP contribution < -0.4 is 5.32 Å². The van der Waals surface area contributed by atoms with Crippen LogP contribution in [0, 0.1) is 0 Å². The maximum Gasteiger partial charge on any atom is 0.0713 e. The number of thioether (sulfide) groups is 1. The number of nitrogens with zero attached hydrogens (tertiary/aromatic N) is 2. The molecule has 1 atom stereocenters. The van der Waals surface area contributed by atoms with Crippen LogP contribution in [-0.4, -0.2) is 46.1 Å². The second-order valence-corrected chi connectivity index (χ2v) is 6.78. The van der Waals surface area contributed by atoms with Crippen LogP contribution in [0.5, 0.6) is 0 Å². The van der Waals surface area contributed by atoms with E-state index in [2.05, 4.69) is 22.2 Å². The van der Waals surface area contributed by atoms with Crippen molar-refractivity contribution < 1.29 is 4.74 Å². The van der Waals surface area contributed by atoms with Gasteiger partial charge in [-0.1, -0.05) is 0 Å². The number of nitrogens with one attached hydrogen (secondary N) is 1. The van der Waals surface area contributed by atoms with Gasteiger partial charge in [-0.05, 0) is 43.3 Å². The highest BCUT2D eigenvalue weighted by atomic mass is 32.2. The predicted molar refractivity (Wildman–Crippen MR) is 78.5 cm³/mol. The summed E-state index contributed by atoms with van der Waals surface area (Å²) in [6.45, 7) is 2.87. The fraction of sp³-hybridized carbons (Fsp3) is 0.786. The van der Waals surface area contributed by atoms with Gasteiger partial charge in [0.05, 0.1) is 12.1 Å². The Morgan fingerprint density at radius 2 is 2.32 bits per heavy atom. The number of ether oxygens (including phenoxy) is 1. The van der Waals surface area contributed by atoms with Crippen molar-refractivity contribution in [3.63, 3.8) is 0 Å². The molecule has 1 N–H and O–H groups in total. The number of hydrogen-bond acceptors (Lipinski definition) is 4. The first-order valence-electron chi connectivity index (χ1n) is 7.29. The molecular weight excluding hydrogens is 258 g/mol. The third-order valence-electron chi connectivity index (χ3n) is 4.23. The molecule has 2 saturated heterocycles. The van der Waals surface area contributed by atoms with Crippen LogP contribution in [0.3, 0.4) is 0 Å². The standard InChI is InChI=1S/C14H23N3OS/c1-5-16-17(7-1)8-6-15-13-2-9-18-14(12-13)3-10-19-11-4-14/h1,5,7,13,15H,2-4,6,8-12H2. The van der Waals surface area contributed by atoms with Gasteiger partial charge in [0.2, 0.25) is 0 Å². The molecule has 2 aliphatic rings. The molecular formula is C14H23N3OS. The minimum Gasteiger partial charge on any atom is -0.375 e. The summed E-state index contributed by atoms with van der Waals surface area (Å²) in [5.41, 5.74) is 0.187. The summed E-state index contributed by atoms with van der Waals surface area (Å²) in [7, 11) is 0. The highest BCUT2D eigenvalue weighted by molar-refractivity contribution is 7.99. The lowest BCUT2D eigenvalue weighted by atomic mass is 9.85. The van der Waals surface area contributed by atoms with Crippen LogP contribution in [0.15, 0.2) is 18.5 Å². The molecule has 1 aromatic rings. The molecule has 0 aromatic carbocycles. The molecule has 0 amide bonds. The van der Waals surface area contributed by atoms with Gasteiger partial charge in [-0.15, -0.1) is 0 Å². The lowest BCUT2D eigenvalue weighted by Gasteiger charge is -2.43. The maximum absolute atomic E-state index is 6.12. The first kappa shape index (κ1) is 13.5. The third kappa shape index (κ3) is 3.52. The van der Waals surface area contributed by atoms with E-state index in [4.69, 9.17) is 4.74 Å². The van der Waals surface area contributed by atoms with Crippen LogP contribution >= 0.6 is 11.8 Å². The molecule has 1 spiro atoms. The zero-order valence-electron chi connectivity index (χ0n) is 11.4. The van der Waals surface area contributed by atoms with Crippen molar-refractivity contribution >= 4 is 11.8 Å². The van der Waals surface area contributed by atoms with Crippen molar-refractivity contribution in [1.29, 1.82) is 0 Å². The van der Waals surface area contributed by atoms with Crippen molar-refractivity contribution in [3.8, 4) is 0 Å². The molecule has 0 bridgehead atoms. The van der Waals surface area contributed by atoms with Gasteiger partial charge in [-0.3, -0.25) is 4.68 Å². The van der Waals surface area contributed by atoms with Gasteiger partial charge in [0.25, 0.3) is 0 Å². The lowest BCUT2D eigenvalue weighted by Crippen LogP contribution is -2.49. The zero-order chi connectivity index (χ0) is 13.0. The smallest absolute Gasteiger partial charge is 0.0713 e. The Morgan fingerprint density at radius 1 is 1.42 bits per heavy atom. The van der Waals surface area contributed by atoms with Gasteiger partial charge >= 0.3 is 0 Å². The van der Waals surface area contributed by atoms with E-state index in [1.165, 1.54) is 30.8 Å². The van der Waals surface area contributed by atoms with E-state index in [9.17, 15) is 0 Å². The maximum atomic E-state index is 6.12. The van der Waals surface area contributed by atoms with Gasteiger partial charge in [0, 0.05) is 31.6 Å². The molecule has 19 heavy (non-hydrogen) atoms. The summed E-state index contributed by atoms with van der Waals surface area (Å²) in [6.07, 6.45) is 8.65. The molecule has 106 valence electrons. The molecule has 0 radical (unpaired) electrons. The summed E-state index contributed by atoms with van der Waals surface area (Å²) in [6, 6.07) is 2.59. The molecule has 2 aliphatic heterocycles. The summed E-state index contributed by atoms with van der Waals surface area (Å²) in [5, 5.41) is 7.92. The Kier molecular flexibility index (Phi) is 4.45. The average molecular weight is 281 g/mol. The molecule has 5 heteroatoms. The van der Waals surface area contributed by atoms with Gasteiger partial charge < -0.3 is 10.1 Å². The van der Waals surface area contributed by atoms with E-state index in [0.717, 1.165) is 26.1 Å². The minimum absolute atomic E-state index is 0.187. The third-order valence-corrected chi connectivity index (χ3v) is 5.22. The Hall–Kier alpha value is -0.520. The van der Waals surface area contributed by atoms with E-state index >= 15 is 0 Å². The van der Waals surface area contributed by atoms with Crippen molar-refractivity contribution in [2.75, 3.05) is 24.7 Å². The highest BCUT2D eigenvalue weighted by Gasteiger charge is 2.38. The van der Waals surface area contributed by atoms with Gasteiger partial charge in [-0.2, -0.15) is 16.9 Å². The van der Waals surface area contributed by atoms with Gasteiger partial charge in [0.15, 0.2) is 0 Å². The van der Waals surface area contributed by atoms with Crippen LogP contribution in [0.4, 0.5) is 0 Å². The highest BCUT2D eigenvalue weighted by Crippen LogP contribution is 2.37. The van der Waals surface area contributed by atoms with E-state index in [0.29, 0.717) is 6.04 Å².